The first-order chi connectivity index (χ1) is 8.83. The van der Waals surface area contributed by atoms with E-state index in [0.29, 0.717) is 6.04 Å². The largest absolute Gasteiger partial charge is 0.382 e. The molecule has 96 valence electrons. The van der Waals surface area contributed by atoms with Gasteiger partial charge in [0, 0.05) is 23.4 Å². The third kappa shape index (κ3) is 3.13. The minimum absolute atomic E-state index is 0.563. The fourth-order valence-corrected chi connectivity index (χ4v) is 2.06. The fraction of sp³-hybridized carbons (Fsp3) is 0.400. The molecule has 1 N–H and O–H groups in total. The first kappa shape index (κ1) is 12.7. The van der Waals surface area contributed by atoms with E-state index in [9.17, 15) is 0 Å². The van der Waals surface area contributed by atoms with Crippen LogP contribution in [-0.4, -0.2) is 11.2 Å². The third-order valence-electron chi connectivity index (χ3n) is 3.12. The van der Waals surface area contributed by atoms with Crippen LogP contribution in [0.15, 0.2) is 41.1 Å². The summed E-state index contributed by atoms with van der Waals surface area (Å²) in [5.74, 6) is 0. The third-order valence-corrected chi connectivity index (χ3v) is 3.12. The van der Waals surface area contributed by atoms with Crippen molar-refractivity contribution in [1.29, 1.82) is 0 Å². The maximum atomic E-state index is 4.85. The Hall–Kier alpha value is -1.77. The Morgan fingerprint density at radius 3 is 2.50 bits per heavy atom. The number of anilines is 1. The summed E-state index contributed by atoms with van der Waals surface area (Å²) in [7, 11) is 0. The van der Waals surface area contributed by atoms with Crippen LogP contribution in [0.25, 0.3) is 11.3 Å². The zero-order chi connectivity index (χ0) is 12.8. The summed E-state index contributed by atoms with van der Waals surface area (Å²) in [6.07, 6.45) is 5.17. The Labute approximate surface area is 108 Å². The van der Waals surface area contributed by atoms with E-state index in [2.05, 4.69) is 48.6 Å². The molecule has 1 aromatic heterocycles. The summed E-state index contributed by atoms with van der Waals surface area (Å²) in [4.78, 5) is 0. The summed E-state index contributed by atoms with van der Waals surface area (Å²) in [6.45, 7) is 4.44. The smallest absolute Gasteiger partial charge is 0.124 e. The van der Waals surface area contributed by atoms with Crippen LogP contribution in [-0.2, 0) is 0 Å². The van der Waals surface area contributed by atoms with Crippen molar-refractivity contribution in [3.8, 4) is 11.3 Å². The zero-order valence-electron chi connectivity index (χ0n) is 11.0. The van der Waals surface area contributed by atoms with Gasteiger partial charge in [0.2, 0.25) is 0 Å². The second kappa shape index (κ2) is 6.24. The van der Waals surface area contributed by atoms with Crippen molar-refractivity contribution < 1.29 is 4.52 Å². The minimum Gasteiger partial charge on any atom is -0.382 e. The molecule has 3 nitrogen and oxygen atoms in total. The lowest BCUT2D eigenvalue weighted by Crippen LogP contribution is -2.17. The molecule has 0 spiro atoms. The van der Waals surface area contributed by atoms with E-state index in [-0.39, 0.29) is 0 Å². The lowest BCUT2D eigenvalue weighted by atomic mass is 10.1. The lowest BCUT2D eigenvalue weighted by molar-refractivity contribution is 0.422. The van der Waals surface area contributed by atoms with Crippen molar-refractivity contribution in [2.45, 2.75) is 39.2 Å². The van der Waals surface area contributed by atoms with E-state index in [1.165, 1.54) is 18.5 Å². The van der Waals surface area contributed by atoms with Gasteiger partial charge in [0.15, 0.2) is 0 Å². The number of hydrogen-bond acceptors (Lipinski definition) is 3. The van der Waals surface area contributed by atoms with Crippen LogP contribution >= 0.6 is 0 Å². The van der Waals surface area contributed by atoms with Crippen LogP contribution in [0.5, 0.6) is 0 Å². The molecule has 0 saturated carbocycles. The van der Waals surface area contributed by atoms with E-state index < -0.39 is 0 Å². The summed E-state index contributed by atoms with van der Waals surface area (Å²) in [5.41, 5.74) is 3.13. The number of nitrogens with one attached hydrogen (secondary N) is 1. The second-order valence-corrected chi connectivity index (χ2v) is 4.50. The number of benzene rings is 1. The topological polar surface area (TPSA) is 38.1 Å². The van der Waals surface area contributed by atoms with Crippen LogP contribution in [0.1, 0.15) is 33.1 Å². The molecular weight excluding hydrogens is 224 g/mol. The molecule has 0 aliphatic carbocycles. The van der Waals surface area contributed by atoms with Crippen molar-refractivity contribution in [3.63, 3.8) is 0 Å². The molecule has 0 bridgehead atoms. The molecule has 0 radical (unpaired) electrons. The number of aromatic nitrogens is 1. The summed E-state index contributed by atoms with van der Waals surface area (Å²) in [5, 5.41) is 7.49. The molecule has 0 aliphatic heterocycles. The van der Waals surface area contributed by atoms with Crippen molar-refractivity contribution >= 4 is 5.69 Å². The van der Waals surface area contributed by atoms with E-state index in [4.69, 9.17) is 4.52 Å². The zero-order valence-corrected chi connectivity index (χ0v) is 11.0. The van der Waals surface area contributed by atoms with Crippen molar-refractivity contribution in [2.24, 2.45) is 0 Å². The van der Waals surface area contributed by atoms with Gasteiger partial charge in [0.1, 0.15) is 12.0 Å². The lowest BCUT2D eigenvalue weighted by Gasteiger charge is -2.17. The van der Waals surface area contributed by atoms with Gasteiger partial charge in [-0.05, 0) is 25.0 Å². The van der Waals surface area contributed by atoms with Crippen molar-refractivity contribution in [2.75, 3.05) is 5.32 Å². The SMILES string of the molecule is CCCC(CC)Nc1ccc(-c2ccon2)cc1. The molecule has 0 amide bonds. The van der Waals surface area contributed by atoms with Gasteiger partial charge < -0.3 is 9.84 Å². The quantitative estimate of drug-likeness (QED) is 0.821. The molecule has 3 heteroatoms. The van der Waals surface area contributed by atoms with Gasteiger partial charge in [-0.3, -0.25) is 0 Å². The highest BCUT2D eigenvalue weighted by Gasteiger charge is 2.05. The Kier molecular flexibility index (Phi) is 4.40. The van der Waals surface area contributed by atoms with Gasteiger partial charge in [-0.15, -0.1) is 0 Å². The van der Waals surface area contributed by atoms with Gasteiger partial charge in [-0.1, -0.05) is 37.6 Å². The molecule has 18 heavy (non-hydrogen) atoms. The average molecular weight is 244 g/mol. The normalized spacial score (nSPS) is 12.3. The van der Waals surface area contributed by atoms with Gasteiger partial charge >= 0.3 is 0 Å². The summed E-state index contributed by atoms with van der Waals surface area (Å²) in [6, 6.07) is 10.8. The maximum absolute atomic E-state index is 4.85. The van der Waals surface area contributed by atoms with Gasteiger partial charge in [-0.2, -0.15) is 0 Å². The first-order valence-corrected chi connectivity index (χ1v) is 6.60. The van der Waals surface area contributed by atoms with Crippen LogP contribution in [0.2, 0.25) is 0 Å². The average Bonchev–Trinajstić information content (AvgIpc) is 2.93. The molecule has 0 aliphatic rings. The minimum atomic E-state index is 0.563. The van der Waals surface area contributed by atoms with Crippen molar-refractivity contribution in [3.05, 3.63) is 36.6 Å². The van der Waals surface area contributed by atoms with E-state index >= 15 is 0 Å². The van der Waals surface area contributed by atoms with Gasteiger partial charge in [-0.25, -0.2) is 0 Å². The maximum Gasteiger partial charge on any atom is 0.124 e. The highest BCUT2D eigenvalue weighted by Crippen LogP contribution is 2.20. The van der Waals surface area contributed by atoms with Crippen LogP contribution in [0.3, 0.4) is 0 Å². The van der Waals surface area contributed by atoms with Gasteiger partial charge in [0.25, 0.3) is 0 Å². The molecule has 0 saturated heterocycles. The molecule has 0 fully saturated rings. The Bertz CT molecular complexity index is 448. The highest BCUT2D eigenvalue weighted by molar-refractivity contribution is 5.62. The second-order valence-electron chi connectivity index (χ2n) is 4.50. The van der Waals surface area contributed by atoms with Crippen LogP contribution in [0, 0.1) is 0 Å². The number of rotatable bonds is 6. The number of hydrogen-bond donors (Lipinski definition) is 1. The van der Waals surface area contributed by atoms with Crippen LogP contribution in [0.4, 0.5) is 5.69 Å². The predicted octanol–water partition coefficient (Wildman–Crippen LogP) is 4.33. The summed E-state index contributed by atoms with van der Waals surface area (Å²) >= 11 is 0. The summed E-state index contributed by atoms with van der Waals surface area (Å²) < 4.78 is 4.85. The number of nitrogens with zero attached hydrogens (tertiary/aromatic N) is 1. The highest BCUT2D eigenvalue weighted by atomic mass is 16.5. The molecule has 1 aromatic carbocycles. The Balaban J connectivity index is 2.03. The predicted molar refractivity (Wildman–Crippen MR) is 74.5 cm³/mol. The van der Waals surface area contributed by atoms with Gasteiger partial charge in [0.05, 0.1) is 0 Å². The standard InChI is InChI=1S/C15H20N2O/c1-3-5-13(4-2)16-14-8-6-12(7-9-14)15-10-11-18-17-15/h6-11,13,16H,3-5H2,1-2H3. The van der Waals surface area contributed by atoms with E-state index in [0.717, 1.165) is 17.7 Å². The van der Waals surface area contributed by atoms with Crippen LogP contribution < -0.4 is 5.32 Å². The monoisotopic (exact) mass is 244 g/mol. The molecule has 2 aromatic rings. The Morgan fingerprint density at radius 2 is 1.94 bits per heavy atom. The Morgan fingerprint density at radius 1 is 1.17 bits per heavy atom. The van der Waals surface area contributed by atoms with E-state index in [1.54, 1.807) is 6.26 Å². The van der Waals surface area contributed by atoms with Crippen molar-refractivity contribution in [1.82, 2.24) is 5.16 Å². The molecule has 1 heterocycles. The fourth-order valence-electron chi connectivity index (χ4n) is 2.06. The molecule has 1 atom stereocenters. The molecule has 1 unspecified atom stereocenters. The molecule has 2 rings (SSSR count). The molecular formula is C15H20N2O. The first-order valence-electron chi connectivity index (χ1n) is 6.60. The van der Waals surface area contributed by atoms with E-state index in [1.807, 2.05) is 6.07 Å².